The van der Waals surface area contributed by atoms with E-state index in [0.29, 0.717) is 0 Å². The van der Waals surface area contributed by atoms with E-state index in [9.17, 15) is 0 Å². The van der Waals surface area contributed by atoms with E-state index in [1.54, 1.807) is 0 Å². The van der Waals surface area contributed by atoms with Gasteiger partial charge in [0.1, 0.15) is 0 Å². The van der Waals surface area contributed by atoms with Gasteiger partial charge in [-0.15, -0.1) is 0 Å². The van der Waals surface area contributed by atoms with Crippen LogP contribution in [0.1, 0.15) is 65.2 Å². The van der Waals surface area contributed by atoms with Gasteiger partial charge in [0.2, 0.25) is 0 Å². The third kappa shape index (κ3) is 13.2. The molecular formula is C16H28. The summed E-state index contributed by atoms with van der Waals surface area (Å²) < 4.78 is 0. The molecule has 0 saturated heterocycles. The largest absolute Gasteiger partial charge is 0.0885 e. The highest BCUT2D eigenvalue weighted by molar-refractivity contribution is 5.02. The molecule has 0 aliphatic heterocycles. The number of hydrogen-bond acceptors (Lipinski definition) is 0. The van der Waals surface area contributed by atoms with Crippen molar-refractivity contribution in [3.8, 4) is 0 Å². The smallest absolute Gasteiger partial charge is 0.0313 e. The van der Waals surface area contributed by atoms with Crippen molar-refractivity contribution in [1.29, 1.82) is 0 Å². The Morgan fingerprint density at radius 2 is 1.19 bits per heavy atom. The standard InChI is InChI=1S/C16H28/c1-3-5-7-9-11-13-15-16-14-12-10-8-6-4-2/h7,9,11-14H,3-6,8,10,15-16H2,1-2H3/b9-7+,13-11+,14-12+. The van der Waals surface area contributed by atoms with Crippen LogP contribution in [0.5, 0.6) is 0 Å². The Morgan fingerprint density at radius 1 is 0.562 bits per heavy atom. The molecule has 0 spiro atoms. The summed E-state index contributed by atoms with van der Waals surface area (Å²) in [5, 5.41) is 0. The fourth-order valence-electron chi connectivity index (χ4n) is 1.46. The van der Waals surface area contributed by atoms with Gasteiger partial charge in [-0.1, -0.05) is 69.6 Å². The van der Waals surface area contributed by atoms with E-state index in [0.717, 1.165) is 0 Å². The molecule has 0 unspecified atom stereocenters. The number of unbranched alkanes of at least 4 members (excludes halogenated alkanes) is 5. The Morgan fingerprint density at radius 3 is 1.88 bits per heavy atom. The molecule has 0 fully saturated rings. The van der Waals surface area contributed by atoms with Crippen LogP contribution in [0, 0.1) is 0 Å². The van der Waals surface area contributed by atoms with Gasteiger partial charge in [0, 0.05) is 0 Å². The normalized spacial score (nSPS) is 12.4. The SMILES string of the molecule is CCC/C=C/C=C/CC/C=C/CCCCC. The number of allylic oxidation sites excluding steroid dienone is 6. The number of rotatable bonds is 10. The van der Waals surface area contributed by atoms with Crippen molar-refractivity contribution in [1.82, 2.24) is 0 Å². The lowest BCUT2D eigenvalue weighted by molar-refractivity contribution is 0.728. The molecule has 0 rings (SSSR count). The fraction of sp³-hybridized carbons (Fsp3) is 0.625. The second-order valence-corrected chi connectivity index (χ2v) is 4.19. The Balaban J connectivity index is 3.25. The first kappa shape index (κ1) is 15.2. The van der Waals surface area contributed by atoms with Crippen molar-refractivity contribution < 1.29 is 0 Å². The molecule has 92 valence electrons. The fourth-order valence-corrected chi connectivity index (χ4v) is 1.46. The molecule has 0 nitrogen and oxygen atoms in total. The van der Waals surface area contributed by atoms with Crippen LogP contribution >= 0.6 is 0 Å². The maximum atomic E-state index is 2.33. The summed E-state index contributed by atoms with van der Waals surface area (Å²) in [4.78, 5) is 0. The predicted octanol–water partition coefficient (Wildman–Crippen LogP) is 5.82. The van der Waals surface area contributed by atoms with Crippen molar-refractivity contribution in [2.24, 2.45) is 0 Å². The van der Waals surface area contributed by atoms with Crippen LogP contribution in [0.4, 0.5) is 0 Å². The highest BCUT2D eigenvalue weighted by Gasteiger charge is 1.81. The molecule has 16 heavy (non-hydrogen) atoms. The zero-order valence-electron chi connectivity index (χ0n) is 11.1. The maximum absolute atomic E-state index is 2.33. The van der Waals surface area contributed by atoms with Crippen LogP contribution in [0.3, 0.4) is 0 Å². The van der Waals surface area contributed by atoms with Crippen molar-refractivity contribution in [3.63, 3.8) is 0 Å². The van der Waals surface area contributed by atoms with E-state index < -0.39 is 0 Å². The van der Waals surface area contributed by atoms with Crippen LogP contribution in [0.15, 0.2) is 36.5 Å². The predicted molar refractivity (Wildman–Crippen MR) is 75.7 cm³/mol. The summed E-state index contributed by atoms with van der Waals surface area (Å²) >= 11 is 0. The van der Waals surface area contributed by atoms with Crippen molar-refractivity contribution >= 4 is 0 Å². The first-order valence-electron chi connectivity index (χ1n) is 6.88. The van der Waals surface area contributed by atoms with Gasteiger partial charge in [0.05, 0.1) is 0 Å². The van der Waals surface area contributed by atoms with Gasteiger partial charge in [0.25, 0.3) is 0 Å². The molecule has 0 heteroatoms. The molecule has 0 aliphatic carbocycles. The minimum Gasteiger partial charge on any atom is -0.0885 e. The Labute approximate surface area is 102 Å². The van der Waals surface area contributed by atoms with E-state index in [2.05, 4.69) is 50.3 Å². The van der Waals surface area contributed by atoms with Gasteiger partial charge in [-0.3, -0.25) is 0 Å². The summed E-state index contributed by atoms with van der Waals surface area (Å²) in [6.45, 7) is 4.46. The number of hydrogen-bond donors (Lipinski definition) is 0. The van der Waals surface area contributed by atoms with Gasteiger partial charge in [-0.25, -0.2) is 0 Å². The highest BCUT2D eigenvalue weighted by Crippen LogP contribution is 2.01. The molecule has 0 aromatic carbocycles. The molecule has 0 atom stereocenters. The second kappa shape index (κ2) is 14.2. The lowest BCUT2D eigenvalue weighted by atomic mass is 10.2. The Kier molecular flexibility index (Phi) is 13.5. The van der Waals surface area contributed by atoms with Crippen molar-refractivity contribution in [3.05, 3.63) is 36.5 Å². The van der Waals surface area contributed by atoms with Crippen LogP contribution < -0.4 is 0 Å². The summed E-state index contributed by atoms with van der Waals surface area (Å²) in [5.41, 5.74) is 0. The second-order valence-electron chi connectivity index (χ2n) is 4.19. The molecule has 0 radical (unpaired) electrons. The molecule has 0 aliphatic rings. The Bertz CT molecular complexity index is 196. The molecule has 0 aromatic heterocycles. The molecule has 0 aromatic rings. The molecule has 0 heterocycles. The van der Waals surface area contributed by atoms with Crippen LogP contribution in [-0.4, -0.2) is 0 Å². The highest BCUT2D eigenvalue weighted by atomic mass is 13.9. The van der Waals surface area contributed by atoms with Crippen LogP contribution in [0.2, 0.25) is 0 Å². The summed E-state index contributed by atoms with van der Waals surface area (Å²) in [5.74, 6) is 0. The van der Waals surface area contributed by atoms with Gasteiger partial charge < -0.3 is 0 Å². The summed E-state index contributed by atoms with van der Waals surface area (Å²) in [7, 11) is 0. The molecule has 0 N–H and O–H groups in total. The zero-order chi connectivity index (χ0) is 11.9. The van der Waals surface area contributed by atoms with Gasteiger partial charge in [-0.05, 0) is 32.1 Å². The van der Waals surface area contributed by atoms with Gasteiger partial charge in [-0.2, -0.15) is 0 Å². The van der Waals surface area contributed by atoms with Crippen molar-refractivity contribution in [2.45, 2.75) is 65.2 Å². The first-order chi connectivity index (χ1) is 7.91. The van der Waals surface area contributed by atoms with Crippen LogP contribution in [0.25, 0.3) is 0 Å². The van der Waals surface area contributed by atoms with Gasteiger partial charge in [0.15, 0.2) is 0 Å². The van der Waals surface area contributed by atoms with E-state index >= 15 is 0 Å². The molecule has 0 bridgehead atoms. The van der Waals surface area contributed by atoms with Crippen molar-refractivity contribution in [2.75, 3.05) is 0 Å². The Hall–Kier alpha value is -0.780. The third-order valence-corrected chi connectivity index (χ3v) is 2.48. The monoisotopic (exact) mass is 220 g/mol. The summed E-state index contributed by atoms with van der Waals surface area (Å²) in [6, 6.07) is 0. The van der Waals surface area contributed by atoms with E-state index in [1.807, 2.05) is 0 Å². The first-order valence-corrected chi connectivity index (χ1v) is 6.88. The quantitative estimate of drug-likeness (QED) is 0.247. The zero-order valence-corrected chi connectivity index (χ0v) is 11.1. The lowest BCUT2D eigenvalue weighted by Gasteiger charge is -1.91. The van der Waals surface area contributed by atoms with Crippen LogP contribution in [-0.2, 0) is 0 Å². The maximum Gasteiger partial charge on any atom is -0.0313 e. The average Bonchev–Trinajstić information content (AvgIpc) is 2.31. The average molecular weight is 220 g/mol. The van der Waals surface area contributed by atoms with E-state index in [4.69, 9.17) is 0 Å². The molecular weight excluding hydrogens is 192 g/mol. The van der Waals surface area contributed by atoms with Gasteiger partial charge >= 0.3 is 0 Å². The van der Waals surface area contributed by atoms with E-state index in [1.165, 1.54) is 51.4 Å². The third-order valence-electron chi connectivity index (χ3n) is 2.48. The lowest BCUT2D eigenvalue weighted by Crippen LogP contribution is -1.71. The summed E-state index contributed by atoms with van der Waals surface area (Å²) in [6.07, 6.45) is 23.5. The van der Waals surface area contributed by atoms with E-state index in [-0.39, 0.29) is 0 Å². The minimum atomic E-state index is 1.17. The minimum absolute atomic E-state index is 1.17. The molecule has 0 amide bonds. The molecule has 0 saturated carbocycles. The topological polar surface area (TPSA) is 0 Å².